The Balaban J connectivity index is 1.76. The van der Waals surface area contributed by atoms with Crippen LogP contribution in [0, 0.1) is 17.2 Å². The maximum atomic E-state index is 12.8. The summed E-state index contributed by atoms with van der Waals surface area (Å²) in [5.41, 5.74) is -0.545. The van der Waals surface area contributed by atoms with Crippen LogP contribution < -0.4 is 5.56 Å². The van der Waals surface area contributed by atoms with E-state index in [0.717, 1.165) is 17.5 Å². The highest BCUT2D eigenvalue weighted by atomic mass is 35.5. The maximum Gasteiger partial charge on any atom is 0.435 e. The predicted octanol–water partition coefficient (Wildman–Crippen LogP) is 4.28. The summed E-state index contributed by atoms with van der Waals surface area (Å²) in [6.45, 7) is -0.205. The van der Waals surface area contributed by atoms with Crippen molar-refractivity contribution < 1.29 is 13.2 Å². The second kappa shape index (κ2) is 7.04. The Morgan fingerprint density at radius 2 is 2.00 bits per heavy atom. The quantitative estimate of drug-likeness (QED) is 0.607. The molecule has 6 nitrogen and oxygen atoms in total. The van der Waals surface area contributed by atoms with E-state index >= 15 is 0 Å². The number of alkyl halides is 3. The summed E-state index contributed by atoms with van der Waals surface area (Å²) in [4.78, 5) is 17.1. The first-order valence-electron chi connectivity index (χ1n) is 8.60. The largest absolute Gasteiger partial charge is 0.435 e. The third-order valence-corrected chi connectivity index (χ3v) is 5.61. The number of halogens is 5. The number of rotatable bonds is 3. The van der Waals surface area contributed by atoms with Gasteiger partial charge in [-0.05, 0) is 25.0 Å². The van der Waals surface area contributed by atoms with E-state index in [4.69, 9.17) is 23.2 Å². The van der Waals surface area contributed by atoms with Crippen molar-refractivity contribution in [3.8, 4) is 6.07 Å². The van der Waals surface area contributed by atoms with Gasteiger partial charge in [-0.2, -0.15) is 23.5 Å². The topological polar surface area (TPSA) is 76.0 Å². The summed E-state index contributed by atoms with van der Waals surface area (Å²) >= 11 is 12.2. The first kappa shape index (κ1) is 19.7. The van der Waals surface area contributed by atoms with Crippen molar-refractivity contribution in [2.24, 2.45) is 5.92 Å². The van der Waals surface area contributed by atoms with E-state index in [1.54, 1.807) is 12.1 Å². The summed E-state index contributed by atoms with van der Waals surface area (Å²) in [6.07, 6.45) is -3.17. The molecule has 1 aliphatic carbocycles. The van der Waals surface area contributed by atoms with E-state index < -0.39 is 17.4 Å². The molecule has 0 aromatic carbocycles. The zero-order chi connectivity index (χ0) is 20.9. The molecule has 1 fully saturated rings. The number of aromatic nitrogens is 4. The number of nitriles is 1. The molecular weight excluding hydrogens is 430 g/mol. The van der Waals surface area contributed by atoms with Crippen LogP contribution in [-0.4, -0.2) is 19.2 Å². The highest BCUT2D eigenvalue weighted by Gasteiger charge is 2.36. The molecule has 3 heterocycles. The summed E-state index contributed by atoms with van der Waals surface area (Å²) < 4.78 is 40.7. The van der Waals surface area contributed by atoms with Crippen LogP contribution in [0.5, 0.6) is 0 Å². The van der Waals surface area contributed by atoms with Crippen molar-refractivity contribution in [3.05, 3.63) is 61.9 Å². The summed E-state index contributed by atoms with van der Waals surface area (Å²) in [7, 11) is 0. The van der Waals surface area contributed by atoms with Crippen molar-refractivity contribution in [3.63, 3.8) is 0 Å². The average Bonchev–Trinajstić information content (AvgIpc) is 2.98. The highest BCUT2D eigenvalue weighted by molar-refractivity contribution is 6.31. The Hall–Kier alpha value is -2.57. The Morgan fingerprint density at radius 3 is 2.59 bits per heavy atom. The first-order chi connectivity index (χ1) is 13.7. The van der Waals surface area contributed by atoms with Crippen LogP contribution in [0.1, 0.15) is 35.8 Å². The fraction of sp³-hybridized carbons (Fsp3) is 0.333. The Kier molecular flexibility index (Phi) is 4.79. The number of fused-ring (bicyclic) bond motifs is 1. The number of nitrogens with zero attached hydrogens (tertiary/aromatic N) is 5. The third-order valence-electron chi connectivity index (χ3n) is 4.99. The molecule has 0 amide bonds. The smallest absolute Gasteiger partial charge is 0.269 e. The predicted molar refractivity (Wildman–Crippen MR) is 98.9 cm³/mol. The van der Waals surface area contributed by atoms with Crippen molar-refractivity contribution in [2.75, 3.05) is 0 Å². The van der Waals surface area contributed by atoms with E-state index in [1.807, 2.05) is 0 Å². The van der Waals surface area contributed by atoms with Crippen LogP contribution in [0.4, 0.5) is 13.2 Å². The lowest BCUT2D eigenvalue weighted by Gasteiger charge is -2.33. The van der Waals surface area contributed by atoms with Gasteiger partial charge in [0, 0.05) is 18.1 Å². The van der Waals surface area contributed by atoms with Crippen LogP contribution in [0.3, 0.4) is 0 Å². The van der Waals surface area contributed by atoms with Gasteiger partial charge >= 0.3 is 6.18 Å². The highest BCUT2D eigenvalue weighted by Crippen LogP contribution is 2.44. The molecule has 0 N–H and O–H groups in total. The van der Waals surface area contributed by atoms with Crippen molar-refractivity contribution in [1.82, 2.24) is 19.2 Å². The number of hydrogen-bond donors (Lipinski definition) is 0. The zero-order valence-electron chi connectivity index (χ0n) is 14.6. The summed E-state index contributed by atoms with van der Waals surface area (Å²) in [6, 6.07) is 7.27. The molecule has 0 spiro atoms. The molecule has 0 radical (unpaired) electrons. The van der Waals surface area contributed by atoms with E-state index in [0.29, 0.717) is 16.8 Å². The van der Waals surface area contributed by atoms with Crippen molar-refractivity contribution >= 4 is 28.8 Å². The SMILES string of the molecule is N#C[C@H]1CC[C@@H]1c1c(Cl)ccc2nc(Cn3nc(C(F)(F)F)cc3Cl)cc(=O)n12. The molecule has 0 bridgehead atoms. The first-order valence-corrected chi connectivity index (χ1v) is 9.36. The third kappa shape index (κ3) is 3.47. The number of hydrogen-bond acceptors (Lipinski definition) is 4. The summed E-state index contributed by atoms with van der Waals surface area (Å²) in [5.74, 6) is -0.398. The molecule has 4 rings (SSSR count). The minimum absolute atomic E-state index is 0.170. The molecule has 29 heavy (non-hydrogen) atoms. The van der Waals surface area contributed by atoms with E-state index in [-0.39, 0.29) is 34.9 Å². The molecule has 0 aliphatic heterocycles. The average molecular weight is 442 g/mol. The van der Waals surface area contributed by atoms with Gasteiger partial charge in [-0.25, -0.2) is 9.67 Å². The van der Waals surface area contributed by atoms with Gasteiger partial charge < -0.3 is 0 Å². The second-order valence-electron chi connectivity index (χ2n) is 6.77. The molecule has 150 valence electrons. The van der Waals surface area contributed by atoms with Gasteiger partial charge in [-0.3, -0.25) is 9.20 Å². The van der Waals surface area contributed by atoms with Crippen LogP contribution in [0.15, 0.2) is 29.1 Å². The van der Waals surface area contributed by atoms with Gasteiger partial charge in [0.2, 0.25) is 0 Å². The molecular formula is C18H12Cl2F3N5O. The molecule has 3 aromatic heterocycles. The van der Waals surface area contributed by atoms with Crippen LogP contribution >= 0.6 is 23.2 Å². The minimum Gasteiger partial charge on any atom is -0.269 e. The maximum absolute atomic E-state index is 12.8. The standard InChI is InChI=1S/C18H12Cl2F3N5O/c19-12-3-4-15-25-10(8-27-14(20)6-13(26-27)18(21,22)23)5-16(29)28(15)17(12)11-2-1-9(11)7-24/h3-6,9,11H,1-2,8H2/t9-,11+/m1/s1. The lowest BCUT2D eigenvalue weighted by Crippen LogP contribution is -2.29. The summed E-state index contributed by atoms with van der Waals surface area (Å²) in [5, 5.41) is 12.8. The Morgan fingerprint density at radius 1 is 1.24 bits per heavy atom. The molecule has 3 aromatic rings. The van der Waals surface area contributed by atoms with Gasteiger partial charge in [0.15, 0.2) is 5.69 Å². The van der Waals surface area contributed by atoms with E-state index in [9.17, 15) is 23.2 Å². The fourth-order valence-corrected chi connectivity index (χ4v) is 3.93. The second-order valence-corrected chi connectivity index (χ2v) is 7.57. The van der Waals surface area contributed by atoms with Crippen molar-refractivity contribution in [2.45, 2.75) is 31.5 Å². The Bertz CT molecular complexity index is 1210. The molecule has 1 saturated carbocycles. The fourth-order valence-electron chi connectivity index (χ4n) is 3.45. The van der Waals surface area contributed by atoms with Gasteiger partial charge in [0.05, 0.1) is 34.9 Å². The van der Waals surface area contributed by atoms with Crippen LogP contribution in [-0.2, 0) is 12.7 Å². The lowest BCUT2D eigenvalue weighted by molar-refractivity contribution is -0.141. The van der Waals surface area contributed by atoms with E-state index in [1.165, 1.54) is 10.5 Å². The minimum atomic E-state index is -4.63. The molecule has 0 unspecified atom stereocenters. The van der Waals surface area contributed by atoms with E-state index in [2.05, 4.69) is 16.2 Å². The Labute approximate surface area is 172 Å². The molecule has 0 saturated heterocycles. The van der Waals surface area contributed by atoms with Gasteiger partial charge in [-0.15, -0.1) is 0 Å². The van der Waals surface area contributed by atoms with Crippen molar-refractivity contribution in [1.29, 1.82) is 5.26 Å². The van der Waals surface area contributed by atoms with Gasteiger partial charge in [0.1, 0.15) is 10.8 Å². The molecule has 1 aliphatic rings. The zero-order valence-corrected chi connectivity index (χ0v) is 16.1. The van der Waals surface area contributed by atoms with Crippen LogP contribution in [0.25, 0.3) is 5.65 Å². The lowest BCUT2D eigenvalue weighted by atomic mass is 9.72. The molecule has 11 heteroatoms. The monoisotopic (exact) mass is 441 g/mol. The normalized spacial score (nSPS) is 19.2. The van der Waals surface area contributed by atoms with Gasteiger partial charge in [0.25, 0.3) is 5.56 Å². The van der Waals surface area contributed by atoms with Crippen LogP contribution in [0.2, 0.25) is 10.2 Å². The van der Waals surface area contributed by atoms with Gasteiger partial charge in [-0.1, -0.05) is 23.2 Å². The number of pyridine rings is 1. The molecule has 2 atom stereocenters.